The number of likely N-dealkylation sites (N-methyl/N-ethyl adjacent to an activating group) is 1. The zero-order valence-corrected chi connectivity index (χ0v) is 15.7. The molecule has 7 nitrogen and oxygen atoms in total. The lowest BCUT2D eigenvalue weighted by Crippen LogP contribution is -2.58. The minimum atomic E-state index is 0.175. The zero-order valence-electron chi connectivity index (χ0n) is 15.7. The average Bonchev–Trinajstić information content (AvgIpc) is 2.61. The molecule has 2 unspecified atom stereocenters. The summed E-state index contributed by atoms with van der Waals surface area (Å²) in [7, 11) is 3.82. The molecule has 25 heavy (non-hydrogen) atoms. The van der Waals surface area contributed by atoms with Gasteiger partial charge in [-0.15, -0.1) is 0 Å². The van der Waals surface area contributed by atoms with E-state index in [1.807, 2.05) is 23.9 Å². The maximum absolute atomic E-state index is 12.8. The number of nitrogens with zero attached hydrogens (tertiary/aromatic N) is 4. The van der Waals surface area contributed by atoms with Crippen LogP contribution in [-0.2, 0) is 14.3 Å². The molecule has 2 saturated heterocycles. The van der Waals surface area contributed by atoms with Gasteiger partial charge < -0.3 is 19.4 Å². The second-order valence-corrected chi connectivity index (χ2v) is 7.74. The van der Waals surface area contributed by atoms with Gasteiger partial charge in [0.2, 0.25) is 11.8 Å². The van der Waals surface area contributed by atoms with Gasteiger partial charge in [0.05, 0.1) is 31.8 Å². The Morgan fingerprint density at radius 3 is 2.44 bits per heavy atom. The molecule has 3 rings (SSSR count). The third kappa shape index (κ3) is 4.71. The van der Waals surface area contributed by atoms with Crippen molar-refractivity contribution in [1.29, 1.82) is 0 Å². The van der Waals surface area contributed by atoms with Crippen molar-refractivity contribution in [2.45, 2.75) is 37.8 Å². The van der Waals surface area contributed by atoms with Crippen LogP contribution in [0.15, 0.2) is 0 Å². The highest BCUT2D eigenvalue weighted by Gasteiger charge is 2.37. The molecule has 0 aromatic carbocycles. The monoisotopic (exact) mass is 352 g/mol. The van der Waals surface area contributed by atoms with Crippen molar-refractivity contribution in [3.63, 3.8) is 0 Å². The second kappa shape index (κ2) is 8.47. The normalized spacial score (nSPS) is 28.1. The third-order valence-electron chi connectivity index (χ3n) is 5.59. The van der Waals surface area contributed by atoms with Gasteiger partial charge in [-0.2, -0.15) is 0 Å². The number of carbonyl (C=O) groups is 2. The van der Waals surface area contributed by atoms with Crippen LogP contribution < -0.4 is 0 Å². The van der Waals surface area contributed by atoms with Crippen LogP contribution >= 0.6 is 0 Å². The summed E-state index contributed by atoms with van der Waals surface area (Å²) in [4.78, 5) is 33.0. The van der Waals surface area contributed by atoms with Crippen LogP contribution in [0.2, 0.25) is 0 Å². The molecule has 0 radical (unpaired) electrons. The smallest absolute Gasteiger partial charge is 0.237 e. The molecule has 0 spiro atoms. The number of ether oxygens (including phenoxy) is 1. The summed E-state index contributed by atoms with van der Waals surface area (Å²) in [6.45, 7) is 5.31. The van der Waals surface area contributed by atoms with E-state index in [0.717, 1.165) is 45.6 Å². The summed E-state index contributed by atoms with van der Waals surface area (Å²) >= 11 is 0. The molecule has 0 N–H and O–H groups in total. The summed E-state index contributed by atoms with van der Waals surface area (Å²) in [6, 6.07) is 0.276. The lowest BCUT2D eigenvalue weighted by atomic mass is 9.90. The molecule has 3 aliphatic rings. The average molecular weight is 352 g/mol. The summed E-state index contributed by atoms with van der Waals surface area (Å²) < 4.78 is 5.87. The first-order valence-corrected chi connectivity index (χ1v) is 9.60. The van der Waals surface area contributed by atoms with Crippen LogP contribution in [0.3, 0.4) is 0 Å². The number of hydrogen-bond acceptors (Lipinski definition) is 5. The zero-order chi connectivity index (χ0) is 17.8. The largest absolute Gasteiger partial charge is 0.374 e. The summed E-state index contributed by atoms with van der Waals surface area (Å²) in [5.74, 6) is 0.405. The quantitative estimate of drug-likeness (QED) is 0.705. The third-order valence-corrected chi connectivity index (χ3v) is 5.59. The Hall–Kier alpha value is -1.18. The highest BCUT2D eigenvalue weighted by atomic mass is 16.5. The van der Waals surface area contributed by atoms with Crippen LogP contribution in [0.25, 0.3) is 0 Å². The highest BCUT2D eigenvalue weighted by molar-refractivity contribution is 5.79. The van der Waals surface area contributed by atoms with Crippen molar-refractivity contribution in [3.8, 4) is 0 Å². The topological polar surface area (TPSA) is 56.3 Å². The molecule has 0 bridgehead atoms. The number of amides is 2. The lowest BCUT2D eigenvalue weighted by Gasteiger charge is -2.44. The number of hydrogen-bond donors (Lipinski definition) is 0. The molecule has 7 heteroatoms. The molecule has 1 saturated carbocycles. The first kappa shape index (κ1) is 18.6. The first-order valence-electron chi connectivity index (χ1n) is 9.60. The molecular weight excluding hydrogens is 320 g/mol. The number of rotatable bonds is 4. The first-order chi connectivity index (χ1) is 12.0. The van der Waals surface area contributed by atoms with Gasteiger partial charge in [-0.1, -0.05) is 12.8 Å². The molecule has 3 fully saturated rings. The summed E-state index contributed by atoms with van der Waals surface area (Å²) in [5.41, 5.74) is 0. The Kier molecular flexibility index (Phi) is 6.30. The van der Waals surface area contributed by atoms with Crippen molar-refractivity contribution in [2.24, 2.45) is 0 Å². The van der Waals surface area contributed by atoms with E-state index in [0.29, 0.717) is 19.7 Å². The minimum absolute atomic E-state index is 0.175. The van der Waals surface area contributed by atoms with Gasteiger partial charge in [0.15, 0.2) is 0 Å². The van der Waals surface area contributed by atoms with Gasteiger partial charge in [0, 0.05) is 32.7 Å². The van der Waals surface area contributed by atoms with E-state index in [-0.39, 0.29) is 24.0 Å². The van der Waals surface area contributed by atoms with Gasteiger partial charge in [-0.05, 0) is 26.9 Å². The molecule has 2 heterocycles. The van der Waals surface area contributed by atoms with Gasteiger partial charge in [0.25, 0.3) is 0 Å². The predicted molar refractivity (Wildman–Crippen MR) is 95.3 cm³/mol. The lowest BCUT2D eigenvalue weighted by molar-refractivity contribution is -0.151. The van der Waals surface area contributed by atoms with Gasteiger partial charge in [0.1, 0.15) is 0 Å². The van der Waals surface area contributed by atoms with Crippen molar-refractivity contribution in [1.82, 2.24) is 19.6 Å². The summed E-state index contributed by atoms with van der Waals surface area (Å²) in [5, 5.41) is 0. The van der Waals surface area contributed by atoms with Crippen LogP contribution in [0, 0.1) is 0 Å². The number of piperazine rings is 1. The molecular formula is C18H32N4O3. The fourth-order valence-electron chi connectivity index (χ4n) is 4.21. The van der Waals surface area contributed by atoms with Crippen LogP contribution in [0.4, 0.5) is 0 Å². The Morgan fingerprint density at radius 1 is 1.00 bits per heavy atom. The van der Waals surface area contributed by atoms with Crippen LogP contribution in [0.5, 0.6) is 0 Å². The van der Waals surface area contributed by atoms with Crippen molar-refractivity contribution >= 4 is 11.8 Å². The van der Waals surface area contributed by atoms with E-state index < -0.39 is 0 Å². The van der Waals surface area contributed by atoms with Crippen LogP contribution in [0.1, 0.15) is 25.7 Å². The fraction of sp³-hybridized carbons (Fsp3) is 0.889. The van der Waals surface area contributed by atoms with Gasteiger partial charge in [-0.3, -0.25) is 14.5 Å². The number of fused-ring (bicyclic) bond motifs is 1. The second-order valence-electron chi connectivity index (χ2n) is 7.74. The fourth-order valence-corrected chi connectivity index (χ4v) is 4.21. The maximum Gasteiger partial charge on any atom is 0.237 e. The maximum atomic E-state index is 12.8. The minimum Gasteiger partial charge on any atom is -0.374 e. The Balaban J connectivity index is 1.47. The Morgan fingerprint density at radius 2 is 1.72 bits per heavy atom. The van der Waals surface area contributed by atoms with E-state index in [1.165, 1.54) is 12.8 Å². The van der Waals surface area contributed by atoms with E-state index in [4.69, 9.17) is 4.74 Å². The molecule has 2 atom stereocenters. The van der Waals surface area contributed by atoms with Gasteiger partial charge >= 0.3 is 0 Å². The molecule has 1 aliphatic carbocycles. The number of carbonyl (C=O) groups excluding carboxylic acids is 2. The van der Waals surface area contributed by atoms with E-state index in [1.54, 1.807) is 0 Å². The van der Waals surface area contributed by atoms with E-state index in [9.17, 15) is 9.59 Å². The highest BCUT2D eigenvalue weighted by Crippen LogP contribution is 2.28. The molecule has 142 valence electrons. The molecule has 2 amide bonds. The molecule has 0 aromatic heterocycles. The Labute approximate surface area is 150 Å². The van der Waals surface area contributed by atoms with Gasteiger partial charge in [-0.25, -0.2) is 0 Å². The number of morpholine rings is 1. The van der Waals surface area contributed by atoms with E-state index in [2.05, 4.69) is 9.80 Å². The van der Waals surface area contributed by atoms with Crippen LogP contribution in [-0.4, -0.2) is 110 Å². The van der Waals surface area contributed by atoms with Crippen molar-refractivity contribution in [2.75, 3.05) is 66.5 Å². The van der Waals surface area contributed by atoms with Crippen molar-refractivity contribution in [3.05, 3.63) is 0 Å². The molecule has 0 aromatic rings. The molecule has 2 aliphatic heterocycles. The predicted octanol–water partition coefficient (Wildman–Crippen LogP) is -0.138. The van der Waals surface area contributed by atoms with E-state index >= 15 is 0 Å². The summed E-state index contributed by atoms with van der Waals surface area (Å²) in [6.07, 6.45) is 4.81. The van der Waals surface area contributed by atoms with Crippen molar-refractivity contribution < 1.29 is 14.3 Å². The SMILES string of the molecule is CN(C)CC(=O)N1CCN(CC(=O)N2CCOC3CCCCC32)CC1. The standard InChI is InChI=1S/C18H32N4O3/c1-19(2)13-17(23)21-9-7-20(8-10-21)14-18(24)22-11-12-25-16-6-4-3-5-15(16)22/h15-16H,3-14H2,1-2H3. The Bertz CT molecular complexity index is 475.